The average Bonchev–Trinajstić information content (AvgIpc) is 3.48. The molecule has 2 saturated heterocycles. The van der Waals surface area contributed by atoms with Crippen molar-refractivity contribution in [3.05, 3.63) is 0 Å². The number of hydrogen-bond acceptors (Lipinski definition) is 6. The molecule has 0 N–H and O–H groups in total. The fourth-order valence-corrected chi connectivity index (χ4v) is 4.17. The van der Waals surface area contributed by atoms with Crippen molar-refractivity contribution in [2.75, 3.05) is 13.2 Å². The first-order valence-electron chi connectivity index (χ1n) is 10.0. The Bertz CT molecular complexity index is 544. The van der Waals surface area contributed by atoms with Crippen LogP contribution in [0.1, 0.15) is 66.2 Å². The van der Waals surface area contributed by atoms with Crippen LogP contribution in [0.3, 0.4) is 0 Å². The van der Waals surface area contributed by atoms with Gasteiger partial charge in [0.15, 0.2) is 0 Å². The predicted molar refractivity (Wildman–Crippen MR) is 94.5 cm³/mol. The largest absolute Gasteiger partial charge is 0.465 e. The fraction of sp³-hybridized carbons (Fsp3) is 0.900. The van der Waals surface area contributed by atoms with Gasteiger partial charge >= 0.3 is 11.9 Å². The van der Waals surface area contributed by atoms with Crippen molar-refractivity contribution in [2.45, 2.75) is 89.6 Å². The maximum atomic E-state index is 12.6. The summed E-state index contributed by atoms with van der Waals surface area (Å²) in [6.45, 7) is 8.86. The van der Waals surface area contributed by atoms with Crippen molar-refractivity contribution < 1.29 is 28.5 Å². The van der Waals surface area contributed by atoms with Crippen molar-refractivity contribution in [3.8, 4) is 0 Å². The fourth-order valence-electron chi connectivity index (χ4n) is 4.17. The number of carbonyl (C=O) groups excluding carboxylic acids is 2. The second kappa shape index (κ2) is 7.47. The van der Waals surface area contributed by atoms with Crippen molar-refractivity contribution in [3.63, 3.8) is 0 Å². The molecule has 2 heterocycles. The van der Waals surface area contributed by atoms with Gasteiger partial charge in [-0.05, 0) is 52.4 Å². The quantitative estimate of drug-likeness (QED) is 0.460. The summed E-state index contributed by atoms with van der Waals surface area (Å²) in [5.41, 5.74) is -0.332. The van der Waals surface area contributed by atoms with Crippen LogP contribution in [0.15, 0.2) is 0 Å². The molecule has 0 aromatic carbocycles. The Kier molecular flexibility index (Phi) is 5.63. The number of hydrogen-bond donors (Lipinski definition) is 0. The standard InChI is InChI=1S/C20H32O6/c1-5-9-23-17(21)13-11-16-20(26-16,8-7-15-19(3,4)25-15)12-14(13)18(22)24-10-6-2/h13-16H,5-12H2,1-4H3. The monoisotopic (exact) mass is 368 g/mol. The van der Waals surface area contributed by atoms with Crippen molar-refractivity contribution in [2.24, 2.45) is 11.8 Å². The zero-order chi connectivity index (χ0) is 18.9. The zero-order valence-corrected chi connectivity index (χ0v) is 16.4. The molecule has 0 bridgehead atoms. The maximum absolute atomic E-state index is 12.6. The SMILES string of the molecule is CCCOC(=O)C1CC2OC2(CCC2OC2(C)C)CC1C(=O)OCCC. The molecular formula is C20H32O6. The van der Waals surface area contributed by atoms with Gasteiger partial charge in [0.05, 0.1) is 48.5 Å². The minimum Gasteiger partial charge on any atom is -0.465 e. The molecule has 1 aliphatic carbocycles. The predicted octanol–water partition coefficient (Wildman–Crippen LogP) is 3.01. The van der Waals surface area contributed by atoms with E-state index in [2.05, 4.69) is 13.8 Å². The minimum atomic E-state index is -0.474. The molecule has 3 aliphatic rings. The first kappa shape index (κ1) is 19.6. The molecule has 0 aromatic rings. The number of rotatable bonds is 9. The maximum Gasteiger partial charge on any atom is 0.309 e. The minimum absolute atomic E-state index is 0.0400. The van der Waals surface area contributed by atoms with Crippen LogP contribution in [0.5, 0.6) is 0 Å². The average molecular weight is 368 g/mol. The summed E-state index contributed by atoms with van der Waals surface area (Å²) >= 11 is 0. The lowest BCUT2D eigenvalue weighted by atomic mass is 9.72. The summed E-state index contributed by atoms with van der Waals surface area (Å²) in [4.78, 5) is 25.1. The first-order valence-corrected chi connectivity index (χ1v) is 10.0. The van der Waals surface area contributed by atoms with E-state index in [1.54, 1.807) is 0 Å². The Morgan fingerprint density at radius 2 is 1.58 bits per heavy atom. The highest BCUT2D eigenvalue weighted by molar-refractivity contribution is 5.83. The van der Waals surface area contributed by atoms with E-state index >= 15 is 0 Å². The van der Waals surface area contributed by atoms with E-state index in [0.717, 1.165) is 25.7 Å². The highest BCUT2D eigenvalue weighted by Crippen LogP contribution is 2.56. The van der Waals surface area contributed by atoms with Gasteiger partial charge in [0.2, 0.25) is 0 Å². The summed E-state index contributed by atoms with van der Waals surface area (Å²) in [5, 5.41) is 0. The highest BCUT2D eigenvalue weighted by atomic mass is 16.6. The van der Waals surface area contributed by atoms with Crippen LogP contribution in [0.4, 0.5) is 0 Å². The zero-order valence-electron chi connectivity index (χ0n) is 16.4. The lowest BCUT2D eigenvalue weighted by molar-refractivity contribution is -0.163. The van der Waals surface area contributed by atoms with Gasteiger partial charge in [-0.2, -0.15) is 0 Å². The van der Waals surface area contributed by atoms with Crippen LogP contribution in [0, 0.1) is 11.8 Å². The second-order valence-electron chi connectivity index (χ2n) is 8.41. The van der Waals surface area contributed by atoms with Gasteiger partial charge in [-0.15, -0.1) is 0 Å². The van der Waals surface area contributed by atoms with Gasteiger partial charge in [-0.3, -0.25) is 9.59 Å². The topological polar surface area (TPSA) is 77.7 Å². The van der Waals surface area contributed by atoms with Crippen LogP contribution in [-0.4, -0.2) is 48.6 Å². The van der Waals surface area contributed by atoms with Gasteiger partial charge in [-0.25, -0.2) is 0 Å². The van der Waals surface area contributed by atoms with Gasteiger partial charge < -0.3 is 18.9 Å². The highest BCUT2D eigenvalue weighted by Gasteiger charge is 2.65. The molecule has 5 atom stereocenters. The molecule has 26 heavy (non-hydrogen) atoms. The van der Waals surface area contributed by atoms with E-state index in [4.69, 9.17) is 18.9 Å². The van der Waals surface area contributed by atoms with E-state index in [9.17, 15) is 9.59 Å². The van der Waals surface area contributed by atoms with Gasteiger partial charge in [0.25, 0.3) is 0 Å². The molecule has 6 nitrogen and oxygen atoms in total. The van der Waals surface area contributed by atoms with Crippen LogP contribution >= 0.6 is 0 Å². The molecule has 6 heteroatoms. The van der Waals surface area contributed by atoms with Gasteiger partial charge in [0.1, 0.15) is 0 Å². The van der Waals surface area contributed by atoms with Crippen LogP contribution < -0.4 is 0 Å². The number of fused-ring (bicyclic) bond motifs is 1. The molecule has 1 saturated carbocycles. The van der Waals surface area contributed by atoms with Crippen LogP contribution in [-0.2, 0) is 28.5 Å². The molecule has 5 unspecified atom stereocenters. The summed E-state index contributed by atoms with van der Waals surface area (Å²) in [6, 6.07) is 0. The Morgan fingerprint density at radius 3 is 2.12 bits per heavy atom. The van der Waals surface area contributed by atoms with Crippen molar-refractivity contribution in [1.82, 2.24) is 0 Å². The van der Waals surface area contributed by atoms with E-state index < -0.39 is 11.8 Å². The van der Waals surface area contributed by atoms with E-state index in [-0.39, 0.29) is 35.3 Å². The Balaban J connectivity index is 1.63. The lowest BCUT2D eigenvalue weighted by Gasteiger charge is -2.30. The van der Waals surface area contributed by atoms with Crippen LogP contribution in [0.25, 0.3) is 0 Å². The molecular weight excluding hydrogens is 336 g/mol. The summed E-state index contributed by atoms with van der Waals surface area (Å²) in [5.74, 6) is -1.51. The number of carbonyl (C=O) groups is 2. The first-order chi connectivity index (χ1) is 12.3. The number of epoxide rings is 2. The third-order valence-corrected chi connectivity index (χ3v) is 5.92. The summed E-state index contributed by atoms with van der Waals surface area (Å²) < 4.78 is 22.4. The summed E-state index contributed by atoms with van der Waals surface area (Å²) in [7, 11) is 0. The number of esters is 2. The summed E-state index contributed by atoms with van der Waals surface area (Å²) in [6.07, 6.45) is 4.71. The molecule has 0 amide bonds. The van der Waals surface area contributed by atoms with E-state index in [0.29, 0.717) is 26.1 Å². The van der Waals surface area contributed by atoms with Gasteiger partial charge in [0, 0.05) is 0 Å². The Morgan fingerprint density at radius 1 is 1.00 bits per heavy atom. The molecule has 0 radical (unpaired) electrons. The third-order valence-electron chi connectivity index (χ3n) is 5.92. The second-order valence-corrected chi connectivity index (χ2v) is 8.41. The Hall–Kier alpha value is -1.14. The van der Waals surface area contributed by atoms with Gasteiger partial charge in [-0.1, -0.05) is 13.8 Å². The molecule has 2 aliphatic heterocycles. The third kappa shape index (κ3) is 4.06. The smallest absolute Gasteiger partial charge is 0.309 e. The van der Waals surface area contributed by atoms with E-state index in [1.807, 2.05) is 13.8 Å². The molecule has 0 spiro atoms. The molecule has 148 valence electrons. The normalized spacial score (nSPS) is 36.8. The molecule has 3 fully saturated rings. The lowest BCUT2D eigenvalue weighted by Crippen LogP contribution is -2.41. The van der Waals surface area contributed by atoms with Crippen LogP contribution in [0.2, 0.25) is 0 Å². The van der Waals surface area contributed by atoms with E-state index in [1.165, 1.54) is 0 Å². The molecule has 3 rings (SSSR count). The van der Waals surface area contributed by atoms with Crippen molar-refractivity contribution in [1.29, 1.82) is 0 Å². The molecule has 0 aromatic heterocycles. The Labute approximate surface area is 155 Å². The van der Waals surface area contributed by atoms with Crippen molar-refractivity contribution >= 4 is 11.9 Å². The number of ether oxygens (including phenoxy) is 4.